The summed E-state index contributed by atoms with van der Waals surface area (Å²) in [4.78, 5) is 18.8. The summed E-state index contributed by atoms with van der Waals surface area (Å²) in [5.74, 6) is -0.0550. The molecule has 1 saturated heterocycles. The first-order chi connectivity index (χ1) is 15.1. The van der Waals surface area contributed by atoms with E-state index >= 15 is 0 Å². The zero-order valence-electron chi connectivity index (χ0n) is 17.3. The van der Waals surface area contributed by atoms with Crippen LogP contribution in [0.15, 0.2) is 61.1 Å². The minimum atomic E-state index is -0.430. The van der Waals surface area contributed by atoms with E-state index in [1.807, 2.05) is 29.6 Å². The first-order valence-electron chi connectivity index (χ1n) is 10.9. The van der Waals surface area contributed by atoms with Gasteiger partial charge in [-0.2, -0.15) is 0 Å². The van der Waals surface area contributed by atoms with Crippen LogP contribution in [0.5, 0.6) is 0 Å². The third kappa shape index (κ3) is 3.88. The summed E-state index contributed by atoms with van der Waals surface area (Å²) in [6.45, 7) is 1.30. The fraction of sp³-hybridized carbons (Fsp3) is 0.360. The number of rotatable bonds is 5. The maximum Gasteiger partial charge on any atom is 0.226 e. The zero-order chi connectivity index (χ0) is 21.4. The molecule has 6 heteroatoms. The molecule has 3 aromatic rings. The van der Waals surface area contributed by atoms with Gasteiger partial charge in [-0.15, -0.1) is 0 Å². The standard InChI is InChI=1S/C25H26FN3O2/c26-19-7-5-17(6-8-19)13-25(31)28-11-9-18(10-12-28)24(30)14-22-20-3-1-2-4-21(20)23-15-27-16-29(22)23/h1-8,15-16,18,22,24,30H,9-14H2/t22?,24-/m1/s1. The van der Waals surface area contributed by atoms with Crippen LogP contribution in [0, 0.1) is 11.7 Å². The maximum atomic E-state index is 13.1. The number of piperidine rings is 1. The molecule has 1 amide bonds. The Morgan fingerprint density at radius 2 is 1.87 bits per heavy atom. The van der Waals surface area contributed by atoms with Crippen LogP contribution in [0.3, 0.4) is 0 Å². The molecule has 1 fully saturated rings. The molecule has 2 aromatic carbocycles. The average molecular weight is 420 g/mol. The number of aliphatic hydroxyl groups excluding tert-OH is 1. The van der Waals surface area contributed by atoms with Crippen molar-refractivity contribution in [1.82, 2.24) is 14.5 Å². The van der Waals surface area contributed by atoms with Gasteiger partial charge >= 0.3 is 0 Å². The lowest BCUT2D eigenvalue weighted by Gasteiger charge is -2.35. The zero-order valence-corrected chi connectivity index (χ0v) is 17.3. The highest BCUT2D eigenvalue weighted by molar-refractivity contribution is 5.78. The molecule has 0 saturated carbocycles. The Hall–Kier alpha value is -2.99. The van der Waals surface area contributed by atoms with E-state index in [1.54, 1.807) is 12.1 Å². The van der Waals surface area contributed by atoms with Gasteiger partial charge in [-0.1, -0.05) is 36.4 Å². The number of fused-ring (bicyclic) bond motifs is 3. The van der Waals surface area contributed by atoms with Crippen LogP contribution in [0.4, 0.5) is 4.39 Å². The van der Waals surface area contributed by atoms with Crippen molar-refractivity contribution in [2.45, 2.75) is 37.8 Å². The molecule has 3 heterocycles. The monoisotopic (exact) mass is 419 g/mol. The molecule has 0 aliphatic carbocycles. The first-order valence-corrected chi connectivity index (χ1v) is 10.9. The Labute approximate surface area is 181 Å². The van der Waals surface area contributed by atoms with E-state index in [-0.39, 0.29) is 30.1 Å². The Kier molecular flexibility index (Phi) is 5.32. The SMILES string of the molecule is O=C(Cc1ccc(F)cc1)N1CCC([C@H](O)CC2c3ccccc3-c3cncn32)CC1. The summed E-state index contributed by atoms with van der Waals surface area (Å²) in [7, 11) is 0. The molecule has 0 radical (unpaired) electrons. The quantitative estimate of drug-likeness (QED) is 0.684. The summed E-state index contributed by atoms with van der Waals surface area (Å²) in [5, 5.41) is 11.0. The van der Waals surface area contributed by atoms with Gasteiger partial charge in [-0.05, 0) is 48.4 Å². The van der Waals surface area contributed by atoms with Gasteiger partial charge in [0.2, 0.25) is 5.91 Å². The summed E-state index contributed by atoms with van der Waals surface area (Å²) in [6.07, 6.45) is 5.83. The van der Waals surface area contributed by atoms with Crippen LogP contribution in [-0.2, 0) is 11.2 Å². The molecule has 1 unspecified atom stereocenters. The van der Waals surface area contributed by atoms with Crippen LogP contribution in [0.25, 0.3) is 11.3 Å². The first kappa shape index (κ1) is 19.9. The number of carbonyl (C=O) groups is 1. The summed E-state index contributed by atoms with van der Waals surface area (Å²) in [5.41, 5.74) is 4.36. The molecule has 31 heavy (non-hydrogen) atoms. The lowest BCUT2D eigenvalue weighted by Crippen LogP contribution is -2.42. The second-order valence-electron chi connectivity index (χ2n) is 8.61. The van der Waals surface area contributed by atoms with Crippen molar-refractivity contribution in [2.75, 3.05) is 13.1 Å². The van der Waals surface area contributed by atoms with Gasteiger partial charge in [0.05, 0.1) is 36.8 Å². The molecule has 2 atom stereocenters. The number of nitrogens with zero attached hydrogens (tertiary/aromatic N) is 3. The number of hydrogen-bond acceptors (Lipinski definition) is 3. The topological polar surface area (TPSA) is 58.4 Å². The molecule has 2 aliphatic heterocycles. The summed E-state index contributed by atoms with van der Waals surface area (Å²) in [6, 6.07) is 14.5. The molecular formula is C25H26FN3O2. The average Bonchev–Trinajstić information content (AvgIpc) is 3.38. The van der Waals surface area contributed by atoms with Crippen LogP contribution in [-0.4, -0.2) is 44.7 Å². The van der Waals surface area contributed by atoms with E-state index in [0.29, 0.717) is 19.5 Å². The number of halogens is 1. The number of amides is 1. The Morgan fingerprint density at radius 1 is 1.13 bits per heavy atom. The fourth-order valence-corrected chi connectivity index (χ4v) is 5.02. The van der Waals surface area contributed by atoms with E-state index in [2.05, 4.69) is 21.7 Å². The molecular weight excluding hydrogens is 393 g/mol. The fourth-order valence-electron chi connectivity index (χ4n) is 5.02. The minimum absolute atomic E-state index is 0.0623. The lowest BCUT2D eigenvalue weighted by molar-refractivity contribution is -0.132. The van der Waals surface area contributed by atoms with Crippen molar-refractivity contribution in [3.63, 3.8) is 0 Å². The molecule has 1 N–H and O–H groups in total. The maximum absolute atomic E-state index is 13.1. The third-order valence-electron chi connectivity index (χ3n) is 6.77. The van der Waals surface area contributed by atoms with Gasteiger partial charge in [0.25, 0.3) is 0 Å². The third-order valence-corrected chi connectivity index (χ3v) is 6.77. The molecule has 1 aromatic heterocycles. The van der Waals surface area contributed by atoms with Gasteiger partial charge in [0.15, 0.2) is 0 Å². The van der Waals surface area contributed by atoms with Crippen molar-refractivity contribution < 1.29 is 14.3 Å². The molecule has 2 aliphatic rings. The second kappa shape index (κ2) is 8.27. The number of carbonyl (C=O) groups excluding carboxylic acids is 1. The van der Waals surface area contributed by atoms with E-state index in [9.17, 15) is 14.3 Å². The lowest BCUT2D eigenvalue weighted by atomic mass is 9.86. The van der Waals surface area contributed by atoms with Crippen molar-refractivity contribution in [1.29, 1.82) is 0 Å². The Balaban J connectivity index is 1.19. The highest BCUT2D eigenvalue weighted by atomic mass is 19.1. The summed E-state index contributed by atoms with van der Waals surface area (Å²) >= 11 is 0. The van der Waals surface area contributed by atoms with Crippen LogP contribution in [0.2, 0.25) is 0 Å². The smallest absolute Gasteiger partial charge is 0.226 e. The van der Waals surface area contributed by atoms with Crippen molar-refractivity contribution in [3.8, 4) is 11.3 Å². The number of aliphatic hydroxyl groups is 1. The van der Waals surface area contributed by atoms with Crippen molar-refractivity contribution in [3.05, 3.63) is 78.0 Å². The van der Waals surface area contributed by atoms with Gasteiger partial charge in [0, 0.05) is 18.7 Å². The van der Waals surface area contributed by atoms with Gasteiger partial charge in [0.1, 0.15) is 5.82 Å². The van der Waals surface area contributed by atoms with Crippen molar-refractivity contribution >= 4 is 5.91 Å². The normalized spacial score (nSPS) is 19.2. The van der Waals surface area contributed by atoms with Crippen LogP contribution >= 0.6 is 0 Å². The minimum Gasteiger partial charge on any atom is -0.393 e. The predicted molar refractivity (Wildman–Crippen MR) is 116 cm³/mol. The van der Waals surface area contributed by atoms with Crippen LogP contribution in [0.1, 0.15) is 36.4 Å². The molecule has 0 spiro atoms. The number of benzene rings is 2. The number of likely N-dealkylation sites (tertiary alicyclic amines) is 1. The molecule has 160 valence electrons. The number of hydrogen-bond donors (Lipinski definition) is 1. The van der Waals surface area contributed by atoms with Gasteiger partial charge in [-0.3, -0.25) is 4.79 Å². The van der Waals surface area contributed by atoms with Gasteiger partial charge in [-0.25, -0.2) is 9.37 Å². The number of imidazole rings is 1. The van der Waals surface area contributed by atoms with Crippen LogP contribution < -0.4 is 0 Å². The van der Waals surface area contributed by atoms with E-state index in [4.69, 9.17) is 0 Å². The van der Waals surface area contributed by atoms with E-state index in [0.717, 1.165) is 24.1 Å². The largest absolute Gasteiger partial charge is 0.393 e. The molecule has 0 bridgehead atoms. The van der Waals surface area contributed by atoms with E-state index < -0.39 is 6.10 Å². The Morgan fingerprint density at radius 3 is 2.65 bits per heavy atom. The highest BCUT2D eigenvalue weighted by Gasteiger charge is 2.33. The second-order valence-corrected chi connectivity index (χ2v) is 8.61. The predicted octanol–water partition coefficient (Wildman–Crippen LogP) is 3.82. The van der Waals surface area contributed by atoms with Gasteiger partial charge < -0.3 is 14.6 Å². The Bertz CT molecular complexity index is 1070. The number of aromatic nitrogens is 2. The van der Waals surface area contributed by atoms with Crippen molar-refractivity contribution in [2.24, 2.45) is 5.92 Å². The highest BCUT2D eigenvalue weighted by Crippen LogP contribution is 2.42. The van der Waals surface area contributed by atoms with E-state index in [1.165, 1.54) is 23.3 Å². The molecule has 5 rings (SSSR count). The molecule has 5 nitrogen and oxygen atoms in total. The summed E-state index contributed by atoms with van der Waals surface area (Å²) < 4.78 is 15.2.